The van der Waals surface area contributed by atoms with E-state index in [2.05, 4.69) is 0 Å². The molecular weight excluding hydrogens is 410 g/mol. The number of carbonyl (C=O) groups excluding carboxylic acids is 2. The van der Waals surface area contributed by atoms with Gasteiger partial charge in [0.25, 0.3) is 11.6 Å². The first-order valence-electron chi connectivity index (χ1n) is 10.2. The molecule has 5 rings (SSSR count). The van der Waals surface area contributed by atoms with Crippen molar-refractivity contribution in [2.45, 2.75) is 18.7 Å². The van der Waals surface area contributed by atoms with Gasteiger partial charge in [-0.1, -0.05) is 60.7 Å². The van der Waals surface area contributed by atoms with E-state index in [0.29, 0.717) is 11.3 Å². The molecular formula is C24H19N3O5. The summed E-state index contributed by atoms with van der Waals surface area (Å²) in [5.74, 6) is -1.56. The van der Waals surface area contributed by atoms with Crippen molar-refractivity contribution in [2.75, 3.05) is 5.06 Å². The second-order valence-electron chi connectivity index (χ2n) is 7.76. The van der Waals surface area contributed by atoms with Gasteiger partial charge in [0.15, 0.2) is 6.10 Å². The number of amides is 2. The van der Waals surface area contributed by atoms with Gasteiger partial charge in [-0.15, -0.1) is 0 Å². The smallest absolute Gasteiger partial charge is 0.269 e. The summed E-state index contributed by atoms with van der Waals surface area (Å²) in [6.07, 6.45) is -0.990. The molecule has 0 unspecified atom stereocenters. The third-order valence-corrected chi connectivity index (χ3v) is 5.82. The number of hydrogen-bond acceptors (Lipinski definition) is 6. The molecule has 8 heteroatoms. The summed E-state index contributed by atoms with van der Waals surface area (Å²) in [5.41, 5.74) is 1.95. The van der Waals surface area contributed by atoms with Crippen LogP contribution in [-0.2, 0) is 21.0 Å². The van der Waals surface area contributed by atoms with Crippen LogP contribution >= 0.6 is 0 Å². The monoisotopic (exact) mass is 429 g/mol. The van der Waals surface area contributed by atoms with Gasteiger partial charge in [-0.25, -0.2) is 5.06 Å². The zero-order chi connectivity index (χ0) is 22.2. The quantitative estimate of drug-likeness (QED) is 0.349. The van der Waals surface area contributed by atoms with Crippen LogP contribution in [0.25, 0.3) is 0 Å². The lowest BCUT2D eigenvalue weighted by Crippen LogP contribution is -2.36. The maximum atomic E-state index is 13.4. The van der Waals surface area contributed by atoms with Gasteiger partial charge in [0.1, 0.15) is 5.92 Å². The van der Waals surface area contributed by atoms with Crippen molar-refractivity contribution in [3.8, 4) is 0 Å². The van der Waals surface area contributed by atoms with Crippen molar-refractivity contribution in [1.29, 1.82) is 0 Å². The molecule has 2 aliphatic heterocycles. The Labute approximate surface area is 183 Å². The normalized spacial score (nSPS) is 22.3. The summed E-state index contributed by atoms with van der Waals surface area (Å²) in [7, 11) is 0. The maximum Gasteiger partial charge on any atom is 0.269 e. The van der Waals surface area contributed by atoms with Gasteiger partial charge in [0.05, 0.1) is 23.2 Å². The number of fused-ring (bicyclic) bond motifs is 1. The topological polar surface area (TPSA) is 93.0 Å². The van der Waals surface area contributed by atoms with E-state index < -0.39 is 28.9 Å². The molecule has 0 saturated carbocycles. The van der Waals surface area contributed by atoms with E-state index in [1.54, 1.807) is 12.1 Å². The van der Waals surface area contributed by atoms with Crippen LogP contribution in [0.5, 0.6) is 0 Å². The molecule has 0 radical (unpaired) electrons. The molecule has 160 valence electrons. The Balaban J connectivity index is 1.55. The van der Waals surface area contributed by atoms with Crippen LogP contribution in [0.4, 0.5) is 11.4 Å². The minimum atomic E-state index is -0.990. The predicted octanol–water partition coefficient (Wildman–Crippen LogP) is 3.64. The first kappa shape index (κ1) is 19.9. The highest BCUT2D eigenvalue weighted by Gasteiger charge is 2.59. The fourth-order valence-electron chi connectivity index (χ4n) is 4.35. The number of hydrogen-bond donors (Lipinski definition) is 0. The molecule has 3 aromatic carbocycles. The number of nitrogens with zero attached hydrogens (tertiary/aromatic N) is 3. The number of hydroxylamine groups is 1. The van der Waals surface area contributed by atoms with E-state index in [1.165, 1.54) is 22.1 Å². The number of nitro benzene ring substituents is 1. The second-order valence-corrected chi connectivity index (χ2v) is 7.76. The van der Waals surface area contributed by atoms with E-state index in [1.807, 2.05) is 60.7 Å². The minimum Gasteiger partial charge on any atom is -0.275 e. The van der Waals surface area contributed by atoms with Crippen molar-refractivity contribution >= 4 is 23.2 Å². The summed E-state index contributed by atoms with van der Waals surface area (Å²) in [6, 6.07) is 23.8. The van der Waals surface area contributed by atoms with Crippen molar-refractivity contribution < 1.29 is 19.3 Å². The van der Waals surface area contributed by atoms with Crippen LogP contribution in [0.15, 0.2) is 84.9 Å². The predicted molar refractivity (Wildman–Crippen MR) is 115 cm³/mol. The molecule has 2 fully saturated rings. The zero-order valence-corrected chi connectivity index (χ0v) is 16.9. The van der Waals surface area contributed by atoms with Crippen molar-refractivity contribution in [3.63, 3.8) is 0 Å². The maximum absolute atomic E-state index is 13.4. The molecule has 32 heavy (non-hydrogen) atoms. The van der Waals surface area contributed by atoms with E-state index in [4.69, 9.17) is 4.84 Å². The van der Waals surface area contributed by atoms with Crippen LogP contribution in [0.1, 0.15) is 17.2 Å². The molecule has 2 saturated heterocycles. The highest BCUT2D eigenvalue weighted by atomic mass is 16.7. The van der Waals surface area contributed by atoms with Gasteiger partial charge in [0, 0.05) is 12.1 Å². The first-order valence-corrected chi connectivity index (χ1v) is 10.2. The second kappa shape index (κ2) is 7.90. The van der Waals surface area contributed by atoms with Crippen LogP contribution in [0.2, 0.25) is 0 Å². The third-order valence-electron chi connectivity index (χ3n) is 5.82. The minimum absolute atomic E-state index is 0.0862. The Bertz CT molecular complexity index is 1180. The van der Waals surface area contributed by atoms with Crippen LogP contribution in [0.3, 0.4) is 0 Å². The Morgan fingerprint density at radius 2 is 1.56 bits per heavy atom. The van der Waals surface area contributed by atoms with Gasteiger partial charge < -0.3 is 0 Å². The SMILES string of the molecule is O=C1[C@@H]2[C@H](ON(c3ccccc3)[C@@H]2c2cccc([N+](=O)[O-])c2)C(=O)N1Cc1ccccc1. The summed E-state index contributed by atoms with van der Waals surface area (Å²) in [6.45, 7) is 0.155. The number of imide groups is 1. The number of benzene rings is 3. The van der Waals surface area contributed by atoms with Crippen LogP contribution in [0, 0.1) is 16.0 Å². The number of anilines is 1. The zero-order valence-electron chi connectivity index (χ0n) is 16.9. The number of nitro groups is 1. The Morgan fingerprint density at radius 1 is 0.875 bits per heavy atom. The fourth-order valence-corrected chi connectivity index (χ4v) is 4.35. The average molecular weight is 429 g/mol. The molecule has 0 bridgehead atoms. The van der Waals surface area contributed by atoms with Gasteiger partial charge in [-0.2, -0.15) is 0 Å². The largest absolute Gasteiger partial charge is 0.275 e. The van der Waals surface area contributed by atoms with E-state index in [-0.39, 0.29) is 18.1 Å². The van der Waals surface area contributed by atoms with Crippen molar-refractivity contribution in [2.24, 2.45) is 5.92 Å². The summed E-state index contributed by atoms with van der Waals surface area (Å²) in [4.78, 5) is 44.8. The van der Waals surface area contributed by atoms with Crippen molar-refractivity contribution in [3.05, 3.63) is 106 Å². The lowest BCUT2D eigenvalue weighted by molar-refractivity contribution is -0.384. The first-order chi connectivity index (χ1) is 15.5. The third kappa shape index (κ3) is 3.30. The molecule has 0 aliphatic carbocycles. The van der Waals surface area contributed by atoms with Gasteiger partial charge in [-0.3, -0.25) is 29.4 Å². The Hall–Kier alpha value is -4.04. The summed E-state index contributed by atoms with van der Waals surface area (Å²) < 4.78 is 0. The standard InChI is InChI=1S/C24H19N3O5/c28-23-20-21(17-10-7-13-19(14-17)27(30)31)26(18-11-5-2-6-12-18)32-22(20)24(29)25(23)15-16-8-3-1-4-9-16/h1-14,20-22H,15H2/t20-,21+,22-/m0/s1. The lowest BCUT2D eigenvalue weighted by Gasteiger charge is -2.28. The molecule has 0 aromatic heterocycles. The molecule has 2 amide bonds. The molecule has 3 atom stereocenters. The lowest BCUT2D eigenvalue weighted by atomic mass is 9.90. The summed E-state index contributed by atoms with van der Waals surface area (Å²) >= 11 is 0. The van der Waals surface area contributed by atoms with E-state index >= 15 is 0 Å². The highest BCUT2D eigenvalue weighted by Crippen LogP contribution is 2.47. The van der Waals surface area contributed by atoms with E-state index in [0.717, 1.165) is 5.56 Å². The van der Waals surface area contributed by atoms with Crippen molar-refractivity contribution in [1.82, 2.24) is 4.90 Å². The molecule has 8 nitrogen and oxygen atoms in total. The summed E-state index contributed by atoms with van der Waals surface area (Å²) in [5, 5.41) is 12.9. The highest BCUT2D eigenvalue weighted by molar-refractivity contribution is 6.07. The Kier molecular flexibility index (Phi) is 4.91. The molecule has 0 N–H and O–H groups in total. The molecule has 3 aromatic rings. The number of para-hydroxylation sites is 1. The van der Waals surface area contributed by atoms with Gasteiger partial charge in [-0.05, 0) is 23.3 Å². The fraction of sp³-hybridized carbons (Fsp3) is 0.167. The van der Waals surface area contributed by atoms with Crippen LogP contribution in [-0.4, -0.2) is 27.7 Å². The number of rotatable bonds is 5. The van der Waals surface area contributed by atoms with Gasteiger partial charge >= 0.3 is 0 Å². The Morgan fingerprint density at radius 3 is 2.25 bits per heavy atom. The molecule has 0 spiro atoms. The molecule has 2 aliphatic rings. The number of likely N-dealkylation sites (tertiary alicyclic amines) is 1. The number of carbonyl (C=O) groups is 2. The van der Waals surface area contributed by atoms with Gasteiger partial charge in [0.2, 0.25) is 5.91 Å². The van der Waals surface area contributed by atoms with E-state index in [9.17, 15) is 19.7 Å². The number of non-ortho nitro benzene ring substituents is 1. The molecule has 2 heterocycles. The average Bonchev–Trinajstić information content (AvgIpc) is 3.32. The van der Waals surface area contributed by atoms with Crippen LogP contribution < -0.4 is 5.06 Å².